The molecule has 2 N–H and O–H groups in total. The molecular formula is C22H18FN3O2. The van der Waals surface area contributed by atoms with Gasteiger partial charge in [-0.05, 0) is 68.0 Å². The van der Waals surface area contributed by atoms with Gasteiger partial charge < -0.3 is 15.0 Å². The van der Waals surface area contributed by atoms with Gasteiger partial charge in [0.1, 0.15) is 23.2 Å². The molecule has 0 atom stereocenters. The lowest BCUT2D eigenvalue weighted by molar-refractivity contribution is -0.112. The molecule has 140 valence electrons. The Hall–Kier alpha value is -3.85. The SMILES string of the molecule is Cc1cc(C=C(C#N)C(=O)Nc2ccc(O)cc2)c(C)n1-c1ccccc1F. The minimum Gasteiger partial charge on any atom is -0.508 e. The molecule has 5 nitrogen and oxygen atoms in total. The summed E-state index contributed by atoms with van der Waals surface area (Å²) >= 11 is 0. The zero-order valence-electron chi connectivity index (χ0n) is 15.4. The van der Waals surface area contributed by atoms with Crippen LogP contribution in [0.4, 0.5) is 10.1 Å². The highest BCUT2D eigenvalue weighted by atomic mass is 19.1. The van der Waals surface area contributed by atoms with E-state index in [1.807, 2.05) is 13.0 Å². The van der Waals surface area contributed by atoms with Gasteiger partial charge in [0.15, 0.2) is 0 Å². The molecule has 28 heavy (non-hydrogen) atoms. The first kappa shape index (κ1) is 18.9. The number of hydrogen-bond donors (Lipinski definition) is 2. The third-order valence-electron chi connectivity index (χ3n) is 4.35. The van der Waals surface area contributed by atoms with Crippen molar-refractivity contribution in [3.8, 4) is 17.5 Å². The van der Waals surface area contributed by atoms with Gasteiger partial charge in [0.2, 0.25) is 0 Å². The summed E-state index contributed by atoms with van der Waals surface area (Å²) in [6.45, 7) is 3.64. The van der Waals surface area contributed by atoms with Gasteiger partial charge in [-0.15, -0.1) is 0 Å². The third-order valence-corrected chi connectivity index (χ3v) is 4.35. The number of halogens is 1. The zero-order valence-corrected chi connectivity index (χ0v) is 15.4. The highest BCUT2D eigenvalue weighted by molar-refractivity contribution is 6.09. The van der Waals surface area contributed by atoms with Gasteiger partial charge in [-0.3, -0.25) is 4.79 Å². The first-order valence-electron chi connectivity index (χ1n) is 8.56. The van der Waals surface area contributed by atoms with Gasteiger partial charge in [0.25, 0.3) is 5.91 Å². The predicted octanol–water partition coefficient (Wildman–Crippen LogP) is 4.48. The molecule has 0 aliphatic heterocycles. The van der Waals surface area contributed by atoms with E-state index >= 15 is 0 Å². The summed E-state index contributed by atoms with van der Waals surface area (Å²) in [5.74, 6) is -0.844. The molecule has 0 saturated heterocycles. The number of aryl methyl sites for hydroxylation is 1. The molecule has 3 aromatic rings. The maximum Gasteiger partial charge on any atom is 0.266 e. The van der Waals surface area contributed by atoms with Gasteiger partial charge in [-0.25, -0.2) is 4.39 Å². The Bertz CT molecular complexity index is 1110. The quantitative estimate of drug-likeness (QED) is 0.401. The number of para-hydroxylation sites is 1. The average Bonchev–Trinajstić information content (AvgIpc) is 2.95. The Kier molecular flexibility index (Phi) is 5.28. The highest BCUT2D eigenvalue weighted by Gasteiger charge is 2.15. The van der Waals surface area contributed by atoms with Crippen LogP contribution >= 0.6 is 0 Å². The summed E-state index contributed by atoms with van der Waals surface area (Å²) in [5, 5.41) is 21.3. The van der Waals surface area contributed by atoms with Crippen molar-refractivity contribution in [1.29, 1.82) is 5.26 Å². The van der Waals surface area contributed by atoms with Crippen LogP contribution in [0.15, 0.2) is 60.2 Å². The van der Waals surface area contributed by atoms with Crippen molar-refractivity contribution < 1.29 is 14.3 Å². The minimum absolute atomic E-state index is 0.0784. The highest BCUT2D eigenvalue weighted by Crippen LogP contribution is 2.24. The smallest absolute Gasteiger partial charge is 0.266 e. The monoisotopic (exact) mass is 375 g/mol. The number of aromatic hydroxyl groups is 1. The molecule has 1 aromatic heterocycles. The Morgan fingerprint density at radius 2 is 1.86 bits per heavy atom. The lowest BCUT2D eigenvalue weighted by atomic mass is 10.1. The molecule has 0 aliphatic rings. The summed E-state index contributed by atoms with van der Waals surface area (Å²) in [4.78, 5) is 12.4. The van der Waals surface area contributed by atoms with Crippen LogP contribution in [-0.2, 0) is 4.79 Å². The third kappa shape index (κ3) is 3.79. The van der Waals surface area contributed by atoms with Crippen molar-refractivity contribution in [1.82, 2.24) is 4.57 Å². The van der Waals surface area contributed by atoms with Crippen molar-refractivity contribution >= 4 is 17.7 Å². The topological polar surface area (TPSA) is 78.1 Å². The maximum absolute atomic E-state index is 14.2. The lowest BCUT2D eigenvalue weighted by Gasteiger charge is -2.10. The molecule has 1 amide bonds. The van der Waals surface area contributed by atoms with E-state index in [4.69, 9.17) is 0 Å². The summed E-state index contributed by atoms with van der Waals surface area (Å²) in [6.07, 6.45) is 1.48. The number of benzene rings is 2. The first-order valence-corrected chi connectivity index (χ1v) is 8.56. The second-order valence-electron chi connectivity index (χ2n) is 6.28. The van der Waals surface area contributed by atoms with Crippen LogP contribution in [0.1, 0.15) is 17.0 Å². The van der Waals surface area contributed by atoms with Crippen molar-refractivity contribution in [2.45, 2.75) is 13.8 Å². The standard InChI is InChI=1S/C22H18FN3O2/c1-14-11-16(15(2)26(14)21-6-4-3-5-20(21)23)12-17(13-24)22(28)25-18-7-9-19(27)10-8-18/h3-12,27H,1-2H3,(H,25,28). The zero-order chi connectivity index (χ0) is 20.3. The molecule has 2 aromatic carbocycles. The number of hydrogen-bond acceptors (Lipinski definition) is 3. The average molecular weight is 375 g/mol. The lowest BCUT2D eigenvalue weighted by Crippen LogP contribution is -2.13. The van der Waals surface area contributed by atoms with Crippen LogP contribution in [0.3, 0.4) is 0 Å². The number of aromatic nitrogens is 1. The summed E-state index contributed by atoms with van der Waals surface area (Å²) in [7, 11) is 0. The summed E-state index contributed by atoms with van der Waals surface area (Å²) in [5.41, 5.74) is 2.93. The number of amides is 1. The molecule has 0 aliphatic carbocycles. The van der Waals surface area contributed by atoms with E-state index in [9.17, 15) is 19.6 Å². The Morgan fingerprint density at radius 1 is 1.18 bits per heavy atom. The molecule has 3 rings (SSSR count). The number of anilines is 1. The van der Waals surface area contributed by atoms with E-state index in [1.54, 1.807) is 35.8 Å². The molecule has 0 bridgehead atoms. The maximum atomic E-state index is 14.2. The van der Waals surface area contributed by atoms with E-state index < -0.39 is 5.91 Å². The number of phenols is 1. The van der Waals surface area contributed by atoms with Gasteiger partial charge in [-0.1, -0.05) is 12.1 Å². The number of phenolic OH excluding ortho intramolecular Hbond substituents is 1. The number of nitriles is 1. The fourth-order valence-corrected chi connectivity index (χ4v) is 2.98. The van der Waals surface area contributed by atoms with Gasteiger partial charge in [0.05, 0.1) is 5.69 Å². The number of rotatable bonds is 4. The van der Waals surface area contributed by atoms with Crippen LogP contribution in [0.25, 0.3) is 11.8 Å². The van der Waals surface area contributed by atoms with Gasteiger partial charge in [0, 0.05) is 17.1 Å². The Labute approximate surface area is 162 Å². The summed E-state index contributed by atoms with van der Waals surface area (Å²) < 4.78 is 15.9. The second kappa shape index (κ2) is 7.80. The number of carbonyl (C=O) groups excluding carboxylic acids is 1. The largest absolute Gasteiger partial charge is 0.508 e. The van der Waals surface area contributed by atoms with Crippen LogP contribution in [-0.4, -0.2) is 15.6 Å². The molecule has 0 spiro atoms. The second-order valence-corrected chi connectivity index (χ2v) is 6.28. The molecule has 1 heterocycles. The molecule has 6 heteroatoms. The molecule has 0 unspecified atom stereocenters. The van der Waals surface area contributed by atoms with E-state index in [-0.39, 0.29) is 17.1 Å². The van der Waals surface area contributed by atoms with Gasteiger partial charge in [-0.2, -0.15) is 5.26 Å². The van der Waals surface area contributed by atoms with Crippen LogP contribution in [0.2, 0.25) is 0 Å². The molecule has 0 radical (unpaired) electrons. The first-order chi connectivity index (χ1) is 13.4. The van der Waals surface area contributed by atoms with E-state index in [0.29, 0.717) is 22.6 Å². The summed E-state index contributed by atoms with van der Waals surface area (Å²) in [6, 6.07) is 16.1. The minimum atomic E-state index is -0.566. The molecule has 0 saturated carbocycles. The van der Waals surface area contributed by atoms with Crippen LogP contribution in [0, 0.1) is 31.0 Å². The Morgan fingerprint density at radius 3 is 2.50 bits per heavy atom. The molecular weight excluding hydrogens is 357 g/mol. The van der Waals surface area contributed by atoms with Crippen molar-refractivity contribution in [2.24, 2.45) is 0 Å². The normalized spacial score (nSPS) is 11.1. The number of nitrogens with zero attached hydrogens (tertiary/aromatic N) is 2. The number of carbonyl (C=O) groups is 1. The van der Waals surface area contributed by atoms with Crippen LogP contribution < -0.4 is 5.32 Å². The Balaban J connectivity index is 1.94. The fourth-order valence-electron chi connectivity index (χ4n) is 2.98. The van der Waals surface area contributed by atoms with E-state index in [0.717, 1.165) is 5.69 Å². The molecule has 0 fully saturated rings. The van der Waals surface area contributed by atoms with Crippen LogP contribution in [0.5, 0.6) is 5.75 Å². The van der Waals surface area contributed by atoms with E-state index in [1.165, 1.54) is 36.4 Å². The number of nitrogens with one attached hydrogen (secondary N) is 1. The van der Waals surface area contributed by atoms with Crippen molar-refractivity contribution in [2.75, 3.05) is 5.32 Å². The van der Waals surface area contributed by atoms with E-state index in [2.05, 4.69) is 5.32 Å². The van der Waals surface area contributed by atoms with Crippen molar-refractivity contribution in [3.05, 3.63) is 82.9 Å². The fraction of sp³-hybridized carbons (Fsp3) is 0.0909. The van der Waals surface area contributed by atoms with Gasteiger partial charge >= 0.3 is 0 Å². The predicted molar refractivity (Wildman–Crippen MR) is 106 cm³/mol. The van der Waals surface area contributed by atoms with Crippen molar-refractivity contribution in [3.63, 3.8) is 0 Å².